The Morgan fingerprint density at radius 1 is 1.19 bits per heavy atom. The quantitative estimate of drug-likeness (QED) is 0.715. The van der Waals surface area contributed by atoms with Crippen LogP contribution < -0.4 is 9.47 Å². The molecule has 1 aromatic carbocycles. The molecule has 1 aromatic rings. The van der Waals surface area contributed by atoms with E-state index in [2.05, 4.69) is 17.0 Å². The molecule has 5 rings (SSSR count). The highest BCUT2D eigenvalue weighted by atomic mass is 35.5. The Morgan fingerprint density at radius 3 is 2.81 bits per heavy atom. The average Bonchev–Trinajstić information content (AvgIpc) is 3.11. The summed E-state index contributed by atoms with van der Waals surface area (Å²) in [5.41, 5.74) is 2.57. The van der Waals surface area contributed by atoms with Gasteiger partial charge in [-0.05, 0) is 54.9 Å². The maximum atomic E-state index is 12.5. The molecule has 4 heterocycles. The van der Waals surface area contributed by atoms with Crippen LogP contribution in [0.15, 0.2) is 12.1 Å². The van der Waals surface area contributed by atoms with Gasteiger partial charge in [0.1, 0.15) is 5.21 Å². The number of hydrogen-bond donors (Lipinski definition) is 0. The predicted octanol–water partition coefficient (Wildman–Crippen LogP) is 2.32. The van der Waals surface area contributed by atoms with Crippen LogP contribution in [-0.4, -0.2) is 55.3 Å². The molecule has 0 aromatic heterocycles. The summed E-state index contributed by atoms with van der Waals surface area (Å²) in [4.78, 5) is 2.53. The Morgan fingerprint density at radius 2 is 2.00 bits per heavy atom. The molecule has 26 heavy (non-hydrogen) atoms. The molecule has 0 saturated carbocycles. The van der Waals surface area contributed by atoms with Crippen molar-refractivity contribution in [2.24, 2.45) is 5.92 Å². The summed E-state index contributed by atoms with van der Waals surface area (Å²) < 4.78 is 37.8. The molecule has 8 heteroatoms. The number of piperidine rings is 2. The Balaban J connectivity index is 1.50. The van der Waals surface area contributed by atoms with Gasteiger partial charge in [0.25, 0.3) is 0 Å². The van der Waals surface area contributed by atoms with E-state index < -0.39 is 10.0 Å². The van der Waals surface area contributed by atoms with Gasteiger partial charge in [-0.2, -0.15) is 4.31 Å². The number of fused-ring (bicyclic) bond motifs is 5. The van der Waals surface area contributed by atoms with Crippen LogP contribution in [-0.2, 0) is 16.4 Å². The normalized spacial score (nSPS) is 31.2. The fourth-order valence-corrected chi connectivity index (χ4v) is 6.78. The largest absolute Gasteiger partial charge is 0.454 e. The fraction of sp³-hybridized carbons (Fsp3) is 0.667. The van der Waals surface area contributed by atoms with Gasteiger partial charge in [-0.3, -0.25) is 4.90 Å². The zero-order valence-electron chi connectivity index (χ0n) is 14.6. The van der Waals surface area contributed by atoms with E-state index in [0.29, 0.717) is 12.5 Å². The van der Waals surface area contributed by atoms with Gasteiger partial charge in [0, 0.05) is 31.7 Å². The van der Waals surface area contributed by atoms with Crippen molar-refractivity contribution in [1.82, 2.24) is 9.21 Å². The van der Waals surface area contributed by atoms with Crippen LogP contribution in [0.1, 0.15) is 36.4 Å². The molecule has 2 fully saturated rings. The van der Waals surface area contributed by atoms with Crippen molar-refractivity contribution in [3.05, 3.63) is 23.3 Å². The summed E-state index contributed by atoms with van der Waals surface area (Å²) in [6.45, 7) is 2.84. The molecule has 4 aliphatic heterocycles. The molecular weight excluding hydrogens is 376 g/mol. The Labute approximate surface area is 159 Å². The summed E-state index contributed by atoms with van der Waals surface area (Å²) in [5, 5.41) is -0.333. The van der Waals surface area contributed by atoms with E-state index in [1.165, 1.54) is 11.1 Å². The molecule has 0 bridgehead atoms. The van der Waals surface area contributed by atoms with Crippen LogP contribution in [0.3, 0.4) is 0 Å². The Hall–Kier alpha value is -1.02. The van der Waals surface area contributed by atoms with Crippen molar-refractivity contribution in [2.75, 3.05) is 31.6 Å². The first-order chi connectivity index (χ1) is 12.6. The predicted molar refractivity (Wildman–Crippen MR) is 98.1 cm³/mol. The third kappa shape index (κ3) is 2.63. The fourth-order valence-electron chi connectivity index (χ4n) is 5.20. The lowest BCUT2D eigenvalue weighted by molar-refractivity contribution is 0.0221. The smallest absolute Gasteiger partial charge is 0.231 e. The van der Waals surface area contributed by atoms with Gasteiger partial charge in [-0.25, -0.2) is 8.42 Å². The van der Waals surface area contributed by atoms with Gasteiger partial charge in [-0.15, -0.1) is 11.6 Å². The topological polar surface area (TPSA) is 59.1 Å². The van der Waals surface area contributed by atoms with Crippen molar-refractivity contribution in [2.45, 2.75) is 37.8 Å². The number of ether oxygens (including phenoxy) is 2. The molecule has 0 unspecified atom stereocenters. The van der Waals surface area contributed by atoms with Gasteiger partial charge in [0.15, 0.2) is 11.5 Å². The zero-order chi connectivity index (χ0) is 17.9. The highest BCUT2D eigenvalue weighted by molar-refractivity contribution is 7.90. The molecule has 142 valence electrons. The van der Waals surface area contributed by atoms with Crippen LogP contribution in [0.2, 0.25) is 0 Å². The third-order valence-electron chi connectivity index (χ3n) is 6.40. The first-order valence-electron chi connectivity index (χ1n) is 9.29. The maximum absolute atomic E-state index is 12.5. The summed E-state index contributed by atoms with van der Waals surface area (Å²) in [6, 6.07) is 4.50. The molecular formula is C18H23ClN2O4S. The summed E-state index contributed by atoms with van der Waals surface area (Å²) in [6.07, 6.45) is 3.85. The minimum atomic E-state index is -3.38. The molecule has 0 radical (unpaired) electrons. The van der Waals surface area contributed by atoms with Crippen LogP contribution in [0.5, 0.6) is 11.5 Å². The van der Waals surface area contributed by atoms with Crippen LogP contribution in [0, 0.1) is 5.92 Å². The van der Waals surface area contributed by atoms with E-state index in [-0.39, 0.29) is 24.1 Å². The minimum Gasteiger partial charge on any atom is -0.454 e. The number of benzene rings is 1. The third-order valence-corrected chi connectivity index (χ3v) is 8.67. The standard InChI is InChI=1S/C18H23ClN2O4S/c19-10-26(22,23)21-4-1-2-13-9-20-5-3-12-6-17-18(25-11-24-17)7-14(12)16(20)8-15(13)21/h6-7,13,15-16H,1-5,8-11H2/t13-,15+,16-/m0/s1. The van der Waals surface area contributed by atoms with Gasteiger partial charge in [0.2, 0.25) is 16.8 Å². The Bertz CT molecular complexity index is 831. The molecule has 0 aliphatic carbocycles. The van der Waals surface area contributed by atoms with Crippen molar-refractivity contribution in [1.29, 1.82) is 0 Å². The summed E-state index contributed by atoms with van der Waals surface area (Å²) in [7, 11) is -3.38. The number of nitrogens with zero attached hydrogens (tertiary/aromatic N) is 2. The molecule has 4 aliphatic rings. The Kier molecular flexibility index (Phi) is 4.12. The number of alkyl halides is 1. The molecule has 2 saturated heterocycles. The summed E-state index contributed by atoms with van der Waals surface area (Å²) in [5.74, 6) is 2.03. The van der Waals surface area contributed by atoms with E-state index >= 15 is 0 Å². The van der Waals surface area contributed by atoms with Crippen molar-refractivity contribution >= 4 is 21.6 Å². The number of rotatable bonds is 2. The lowest BCUT2D eigenvalue weighted by atomic mass is 9.77. The zero-order valence-corrected chi connectivity index (χ0v) is 16.1. The second kappa shape index (κ2) is 6.26. The van der Waals surface area contributed by atoms with Crippen LogP contribution >= 0.6 is 11.6 Å². The van der Waals surface area contributed by atoms with Crippen molar-refractivity contribution in [3.8, 4) is 11.5 Å². The monoisotopic (exact) mass is 398 g/mol. The van der Waals surface area contributed by atoms with Gasteiger partial charge < -0.3 is 9.47 Å². The highest BCUT2D eigenvalue weighted by Crippen LogP contribution is 2.46. The van der Waals surface area contributed by atoms with E-state index in [9.17, 15) is 8.42 Å². The second-order valence-corrected chi connectivity index (χ2v) is 10.2. The minimum absolute atomic E-state index is 0.0464. The van der Waals surface area contributed by atoms with Gasteiger partial charge >= 0.3 is 0 Å². The molecule has 0 N–H and O–H groups in total. The van der Waals surface area contributed by atoms with E-state index in [0.717, 1.165) is 50.3 Å². The highest BCUT2D eigenvalue weighted by Gasteiger charge is 2.46. The first-order valence-corrected chi connectivity index (χ1v) is 11.4. The average molecular weight is 399 g/mol. The van der Waals surface area contributed by atoms with Gasteiger partial charge in [-0.1, -0.05) is 0 Å². The molecule has 6 nitrogen and oxygen atoms in total. The van der Waals surface area contributed by atoms with E-state index in [1.54, 1.807) is 4.31 Å². The molecule has 0 amide bonds. The second-order valence-electron chi connectivity index (χ2n) is 7.70. The lowest BCUT2D eigenvalue weighted by Gasteiger charge is -2.51. The SMILES string of the molecule is O=S(=O)(CCl)N1CCC[C@H]2CN3CCc4cc5c(cc4[C@@H]3C[C@H]21)OCO5. The number of halogens is 1. The number of sulfonamides is 1. The number of hydrogen-bond acceptors (Lipinski definition) is 5. The van der Waals surface area contributed by atoms with Crippen molar-refractivity contribution < 1.29 is 17.9 Å². The van der Waals surface area contributed by atoms with Gasteiger partial charge in [0.05, 0.1) is 0 Å². The van der Waals surface area contributed by atoms with E-state index in [1.807, 2.05) is 0 Å². The maximum Gasteiger partial charge on any atom is 0.231 e. The van der Waals surface area contributed by atoms with E-state index in [4.69, 9.17) is 21.1 Å². The van der Waals surface area contributed by atoms with Crippen LogP contribution in [0.25, 0.3) is 0 Å². The first kappa shape index (κ1) is 17.1. The molecule has 3 atom stereocenters. The van der Waals surface area contributed by atoms with Crippen molar-refractivity contribution in [3.63, 3.8) is 0 Å². The lowest BCUT2D eigenvalue weighted by Crippen LogP contribution is -2.57. The van der Waals surface area contributed by atoms with Crippen LogP contribution in [0.4, 0.5) is 0 Å². The molecule has 0 spiro atoms. The summed E-state index contributed by atoms with van der Waals surface area (Å²) >= 11 is 5.77.